The molecule has 0 radical (unpaired) electrons. The lowest BCUT2D eigenvalue weighted by Crippen LogP contribution is -2.32. The zero-order chi connectivity index (χ0) is 13.4. The molecular weight excluding hydrogens is 238 g/mol. The van der Waals surface area contributed by atoms with Gasteiger partial charge in [0.2, 0.25) is 5.95 Å². The van der Waals surface area contributed by atoms with E-state index < -0.39 is 0 Å². The van der Waals surface area contributed by atoms with Crippen LogP contribution in [0.1, 0.15) is 18.5 Å². The molecule has 1 saturated heterocycles. The van der Waals surface area contributed by atoms with E-state index in [2.05, 4.69) is 26.5 Å². The van der Waals surface area contributed by atoms with Crippen LogP contribution in [0.2, 0.25) is 0 Å². The van der Waals surface area contributed by atoms with E-state index in [1.807, 2.05) is 19.1 Å². The molecule has 0 amide bonds. The number of anilines is 1. The zero-order valence-electron chi connectivity index (χ0n) is 11.6. The molecule has 0 spiro atoms. The van der Waals surface area contributed by atoms with E-state index in [0.717, 1.165) is 23.4 Å². The Balaban J connectivity index is 1.87. The van der Waals surface area contributed by atoms with Gasteiger partial charge in [0.05, 0.1) is 0 Å². The van der Waals surface area contributed by atoms with Crippen LogP contribution < -0.4 is 5.73 Å². The molecule has 2 aromatic rings. The summed E-state index contributed by atoms with van der Waals surface area (Å²) in [5, 5.41) is 0. The third-order valence-electron chi connectivity index (χ3n) is 4.04. The minimum Gasteiger partial charge on any atom is -0.369 e. The first-order valence-electron chi connectivity index (χ1n) is 6.91. The molecule has 102 valence electrons. The predicted octanol–water partition coefficient (Wildman–Crippen LogP) is 1.66. The average Bonchev–Trinajstić information content (AvgIpc) is 2.69. The molecule has 1 aliphatic rings. The van der Waals surface area contributed by atoms with Crippen LogP contribution in [0.15, 0.2) is 12.1 Å². The zero-order valence-corrected chi connectivity index (χ0v) is 11.6. The fraction of sp³-hybridized carbons (Fsp3) is 0.571. The van der Waals surface area contributed by atoms with Crippen LogP contribution >= 0.6 is 0 Å². The molecule has 1 aliphatic heterocycles. The number of nitrogen functional groups attached to an aromatic ring is 1. The average molecular weight is 259 g/mol. The van der Waals surface area contributed by atoms with Crippen LogP contribution in [0.5, 0.6) is 0 Å². The number of aryl methyl sites for hydroxylation is 1. The minimum absolute atomic E-state index is 0.590. The summed E-state index contributed by atoms with van der Waals surface area (Å²) >= 11 is 0. The van der Waals surface area contributed by atoms with Crippen LogP contribution in [0.25, 0.3) is 11.2 Å². The summed E-state index contributed by atoms with van der Waals surface area (Å²) in [4.78, 5) is 11.4. The Morgan fingerprint density at radius 3 is 2.74 bits per heavy atom. The summed E-state index contributed by atoms with van der Waals surface area (Å²) in [6, 6.07) is 3.98. The number of fused-ring (bicyclic) bond motifs is 1. The molecule has 0 atom stereocenters. The van der Waals surface area contributed by atoms with Gasteiger partial charge in [-0.2, -0.15) is 0 Å². The van der Waals surface area contributed by atoms with Crippen LogP contribution in [-0.4, -0.2) is 39.6 Å². The van der Waals surface area contributed by atoms with Crippen molar-refractivity contribution in [2.24, 2.45) is 5.92 Å². The lowest BCUT2D eigenvalue weighted by Gasteiger charge is -2.29. The number of rotatable bonds is 2. The van der Waals surface area contributed by atoms with E-state index in [9.17, 15) is 0 Å². The molecular formula is C14H21N5. The van der Waals surface area contributed by atoms with E-state index in [0.29, 0.717) is 11.9 Å². The predicted molar refractivity (Wildman–Crippen MR) is 76.9 cm³/mol. The molecule has 5 heteroatoms. The van der Waals surface area contributed by atoms with Gasteiger partial charge in [-0.25, -0.2) is 9.97 Å². The van der Waals surface area contributed by atoms with Crippen LogP contribution in [0, 0.1) is 12.8 Å². The van der Waals surface area contributed by atoms with Crippen molar-refractivity contribution in [3.8, 4) is 0 Å². The highest BCUT2D eigenvalue weighted by molar-refractivity contribution is 5.74. The van der Waals surface area contributed by atoms with E-state index >= 15 is 0 Å². The number of likely N-dealkylation sites (tertiary alicyclic amines) is 1. The van der Waals surface area contributed by atoms with E-state index in [4.69, 9.17) is 5.73 Å². The first-order chi connectivity index (χ1) is 9.13. The molecule has 2 aromatic heterocycles. The second kappa shape index (κ2) is 4.81. The number of imidazole rings is 1. The summed E-state index contributed by atoms with van der Waals surface area (Å²) in [7, 11) is 2.18. The molecule has 0 aliphatic carbocycles. The third-order valence-corrected chi connectivity index (χ3v) is 4.04. The summed E-state index contributed by atoms with van der Waals surface area (Å²) in [5.74, 6) is 1.27. The van der Waals surface area contributed by atoms with Crippen molar-refractivity contribution in [1.82, 2.24) is 19.4 Å². The maximum absolute atomic E-state index is 6.05. The molecule has 0 saturated carbocycles. The van der Waals surface area contributed by atoms with Crippen LogP contribution in [-0.2, 0) is 6.54 Å². The van der Waals surface area contributed by atoms with Crippen LogP contribution in [0.4, 0.5) is 5.95 Å². The standard InChI is InChI=1S/C14H21N5/c1-10-3-4-12-13(16-10)19(14(15)17-12)9-11-5-7-18(2)8-6-11/h3-4,11H,5-9H2,1-2H3,(H2,15,17). The second-order valence-corrected chi connectivity index (χ2v) is 5.62. The normalized spacial score (nSPS) is 18.2. The monoisotopic (exact) mass is 259 g/mol. The van der Waals surface area contributed by atoms with Crippen LogP contribution in [0.3, 0.4) is 0 Å². The van der Waals surface area contributed by atoms with Gasteiger partial charge in [-0.15, -0.1) is 0 Å². The smallest absolute Gasteiger partial charge is 0.202 e. The molecule has 1 fully saturated rings. The molecule has 19 heavy (non-hydrogen) atoms. The van der Waals surface area contributed by atoms with Gasteiger partial charge in [0, 0.05) is 12.2 Å². The SMILES string of the molecule is Cc1ccc2nc(N)n(CC3CCN(C)CC3)c2n1. The summed E-state index contributed by atoms with van der Waals surface area (Å²) in [5.41, 5.74) is 8.89. The Bertz CT molecular complexity index is 581. The van der Waals surface area contributed by atoms with Crippen molar-refractivity contribution in [1.29, 1.82) is 0 Å². The van der Waals surface area contributed by atoms with Gasteiger partial charge in [-0.05, 0) is 58.0 Å². The van der Waals surface area contributed by atoms with Crippen molar-refractivity contribution in [2.75, 3.05) is 25.9 Å². The molecule has 2 N–H and O–H groups in total. The minimum atomic E-state index is 0.590. The Morgan fingerprint density at radius 1 is 1.26 bits per heavy atom. The first-order valence-corrected chi connectivity index (χ1v) is 6.91. The Morgan fingerprint density at radius 2 is 2.00 bits per heavy atom. The Hall–Kier alpha value is -1.62. The van der Waals surface area contributed by atoms with Crippen molar-refractivity contribution < 1.29 is 0 Å². The molecule has 0 unspecified atom stereocenters. The lowest BCUT2D eigenvalue weighted by atomic mass is 9.97. The molecule has 5 nitrogen and oxygen atoms in total. The molecule has 0 bridgehead atoms. The van der Waals surface area contributed by atoms with Gasteiger partial charge in [0.15, 0.2) is 5.65 Å². The highest BCUT2D eigenvalue weighted by Gasteiger charge is 2.19. The number of nitrogens with two attached hydrogens (primary N) is 1. The van der Waals surface area contributed by atoms with Gasteiger partial charge in [0.25, 0.3) is 0 Å². The number of hydrogen-bond donors (Lipinski definition) is 1. The number of aromatic nitrogens is 3. The quantitative estimate of drug-likeness (QED) is 0.891. The maximum Gasteiger partial charge on any atom is 0.202 e. The second-order valence-electron chi connectivity index (χ2n) is 5.62. The number of hydrogen-bond acceptors (Lipinski definition) is 4. The Labute approximate surface area is 113 Å². The molecule has 3 rings (SSSR count). The van der Waals surface area contributed by atoms with Gasteiger partial charge in [-0.3, -0.25) is 4.57 Å². The van der Waals surface area contributed by atoms with Crippen molar-refractivity contribution in [3.63, 3.8) is 0 Å². The lowest BCUT2D eigenvalue weighted by molar-refractivity contribution is 0.206. The number of piperidine rings is 1. The van der Waals surface area contributed by atoms with Gasteiger partial charge in [0.1, 0.15) is 5.52 Å². The summed E-state index contributed by atoms with van der Waals surface area (Å²) < 4.78 is 2.08. The number of pyridine rings is 1. The maximum atomic E-state index is 6.05. The van der Waals surface area contributed by atoms with Crippen molar-refractivity contribution in [2.45, 2.75) is 26.3 Å². The first kappa shape index (κ1) is 12.4. The van der Waals surface area contributed by atoms with Crippen molar-refractivity contribution in [3.05, 3.63) is 17.8 Å². The fourth-order valence-electron chi connectivity index (χ4n) is 2.80. The van der Waals surface area contributed by atoms with Gasteiger partial charge < -0.3 is 10.6 Å². The fourth-order valence-corrected chi connectivity index (χ4v) is 2.80. The van der Waals surface area contributed by atoms with Crippen molar-refractivity contribution >= 4 is 17.1 Å². The highest BCUT2D eigenvalue weighted by Crippen LogP contribution is 2.23. The Kier molecular flexibility index (Phi) is 3.14. The molecule has 3 heterocycles. The van der Waals surface area contributed by atoms with Gasteiger partial charge in [-0.1, -0.05) is 0 Å². The summed E-state index contributed by atoms with van der Waals surface area (Å²) in [6.07, 6.45) is 2.45. The highest BCUT2D eigenvalue weighted by atomic mass is 15.2. The van der Waals surface area contributed by atoms with E-state index in [1.165, 1.54) is 25.9 Å². The summed E-state index contributed by atoms with van der Waals surface area (Å²) in [6.45, 7) is 5.28. The van der Waals surface area contributed by atoms with Gasteiger partial charge >= 0.3 is 0 Å². The topological polar surface area (TPSA) is 60.0 Å². The third kappa shape index (κ3) is 2.42. The van der Waals surface area contributed by atoms with E-state index in [-0.39, 0.29) is 0 Å². The number of nitrogens with zero attached hydrogens (tertiary/aromatic N) is 4. The molecule has 0 aromatic carbocycles. The van der Waals surface area contributed by atoms with E-state index in [1.54, 1.807) is 0 Å². The largest absolute Gasteiger partial charge is 0.369 e.